The summed E-state index contributed by atoms with van der Waals surface area (Å²) in [5.41, 5.74) is 15.1. The summed E-state index contributed by atoms with van der Waals surface area (Å²) in [6, 6.07) is 7.65. The van der Waals surface area contributed by atoms with Crippen LogP contribution in [0.5, 0.6) is 0 Å². The lowest BCUT2D eigenvalue weighted by atomic mass is 10.1. The monoisotopic (exact) mass is 202 g/mol. The lowest BCUT2D eigenvalue weighted by molar-refractivity contribution is 1.07. The minimum absolute atomic E-state index is 0.435. The van der Waals surface area contributed by atoms with E-state index in [1.165, 1.54) is 0 Å². The van der Waals surface area contributed by atoms with Crippen LogP contribution in [0, 0.1) is 0 Å². The quantitative estimate of drug-likeness (QED) is 0.649. The van der Waals surface area contributed by atoms with E-state index in [1.807, 2.05) is 24.3 Å². The first-order valence-corrected chi connectivity index (χ1v) is 4.91. The highest BCUT2D eigenvalue weighted by Gasteiger charge is 2.11. The van der Waals surface area contributed by atoms with E-state index in [1.54, 1.807) is 0 Å². The Labute approximate surface area is 88.3 Å². The van der Waals surface area contributed by atoms with Crippen LogP contribution >= 0.6 is 0 Å². The SMILES string of the molecule is CCc1[nH]c(N)nc1-c1ccccc1N. The van der Waals surface area contributed by atoms with Crippen LogP contribution < -0.4 is 11.5 Å². The molecule has 2 aromatic rings. The molecule has 0 aliphatic heterocycles. The number of nitrogen functional groups attached to an aromatic ring is 2. The Balaban J connectivity index is 2.58. The maximum absolute atomic E-state index is 5.89. The van der Waals surface area contributed by atoms with Crippen molar-refractivity contribution < 1.29 is 0 Å². The summed E-state index contributed by atoms with van der Waals surface area (Å²) in [6.45, 7) is 2.05. The molecule has 0 saturated heterocycles. The lowest BCUT2D eigenvalue weighted by Gasteiger charge is -2.03. The first-order valence-electron chi connectivity index (χ1n) is 4.91. The molecule has 0 radical (unpaired) electrons. The molecule has 0 spiro atoms. The maximum atomic E-state index is 5.89. The molecule has 5 N–H and O–H groups in total. The summed E-state index contributed by atoms with van der Waals surface area (Å²) in [5, 5.41) is 0. The third-order valence-electron chi connectivity index (χ3n) is 2.37. The van der Waals surface area contributed by atoms with E-state index in [0.29, 0.717) is 5.95 Å². The highest BCUT2D eigenvalue weighted by Crippen LogP contribution is 2.27. The Kier molecular flexibility index (Phi) is 2.33. The van der Waals surface area contributed by atoms with Gasteiger partial charge >= 0.3 is 0 Å². The molecule has 0 aliphatic rings. The number of aromatic nitrogens is 2. The highest BCUT2D eigenvalue weighted by molar-refractivity contribution is 5.75. The van der Waals surface area contributed by atoms with E-state index >= 15 is 0 Å². The average Bonchev–Trinajstić information content (AvgIpc) is 2.60. The number of hydrogen-bond donors (Lipinski definition) is 3. The molecule has 78 valence electrons. The Morgan fingerprint density at radius 3 is 2.67 bits per heavy atom. The molecule has 0 atom stereocenters. The van der Waals surface area contributed by atoms with Crippen molar-refractivity contribution in [1.82, 2.24) is 9.97 Å². The number of benzene rings is 1. The fourth-order valence-corrected chi connectivity index (χ4v) is 1.62. The van der Waals surface area contributed by atoms with Crippen molar-refractivity contribution >= 4 is 11.6 Å². The van der Waals surface area contributed by atoms with Gasteiger partial charge in [-0.05, 0) is 12.5 Å². The minimum atomic E-state index is 0.435. The van der Waals surface area contributed by atoms with Crippen LogP contribution in [-0.4, -0.2) is 9.97 Å². The van der Waals surface area contributed by atoms with Crippen molar-refractivity contribution in [1.29, 1.82) is 0 Å². The average molecular weight is 202 g/mol. The Bertz CT molecular complexity index is 473. The van der Waals surface area contributed by atoms with E-state index in [2.05, 4.69) is 16.9 Å². The van der Waals surface area contributed by atoms with Gasteiger partial charge in [0.15, 0.2) is 5.95 Å². The molecule has 0 fully saturated rings. The van der Waals surface area contributed by atoms with Crippen LogP contribution in [0.3, 0.4) is 0 Å². The van der Waals surface area contributed by atoms with Crippen LogP contribution in [-0.2, 0) is 6.42 Å². The predicted molar refractivity (Wildman–Crippen MR) is 62.2 cm³/mol. The standard InChI is InChI=1S/C11H14N4/c1-2-9-10(15-11(13)14-9)7-5-3-4-6-8(7)12/h3-6H,2,12H2,1H3,(H3,13,14,15). The van der Waals surface area contributed by atoms with E-state index in [9.17, 15) is 0 Å². The van der Waals surface area contributed by atoms with E-state index in [-0.39, 0.29) is 0 Å². The van der Waals surface area contributed by atoms with Gasteiger partial charge in [0.2, 0.25) is 0 Å². The smallest absolute Gasteiger partial charge is 0.198 e. The summed E-state index contributed by atoms with van der Waals surface area (Å²) in [7, 11) is 0. The molecule has 1 aromatic carbocycles. The number of nitrogens with zero attached hydrogens (tertiary/aromatic N) is 1. The third-order valence-corrected chi connectivity index (χ3v) is 2.37. The van der Waals surface area contributed by atoms with Crippen LogP contribution in [0.2, 0.25) is 0 Å². The number of aromatic amines is 1. The Hall–Kier alpha value is -1.97. The van der Waals surface area contributed by atoms with Gasteiger partial charge in [-0.15, -0.1) is 0 Å². The topological polar surface area (TPSA) is 80.7 Å². The lowest BCUT2D eigenvalue weighted by Crippen LogP contribution is -1.92. The zero-order valence-corrected chi connectivity index (χ0v) is 8.62. The van der Waals surface area contributed by atoms with Crippen LogP contribution in [0.4, 0.5) is 11.6 Å². The molecule has 0 unspecified atom stereocenters. The van der Waals surface area contributed by atoms with Gasteiger partial charge in [0, 0.05) is 16.9 Å². The summed E-state index contributed by atoms with van der Waals surface area (Å²) in [6.07, 6.45) is 0.855. The molecule has 1 aromatic heterocycles. The summed E-state index contributed by atoms with van der Waals surface area (Å²) >= 11 is 0. The van der Waals surface area contributed by atoms with Crippen LogP contribution in [0.15, 0.2) is 24.3 Å². The fraction of sp³-hybridized carbons (Fsp3) is 0.182. The minimum Gasteiger partial charge on any atom is -0.398 e. The molecule has 1 heterocycles. The molecule has 15 heavy (non-hydrogen) atoms. The molecule has 0 aliphatic carbocycles. The number of nitrogens with two attached hydrogens (primary N) is 2. The molecular formula is C11H14N4. The van der Waals surface area contributed by atoms with Crippen LogP contribution in [0.1, 0.15) is 12.6 Å². The fourth-order valence-electron chi connectivity index (χ4n) is 1.62. The number of rotatable bonds is 2. The normalized spacial score (nSPS) is 10.5. The second kappa shape index (κ2) is 3.65. The Morgan fingerprint density at radius 1 is 1.27 bits per heavy atom. The predicted octanol–water partition coefficient (Wildman–Crippen LogP) is 1.80. The molecule has 4 heteroatoms. The highest BCUT2D eigenvalue weighted by atomic mass is 15.0. The van der Waals surface area contributed by atoms with Gasteiger partial charge in [-0.1, -0.05) is 25.1 Å². The van der Waals surface area contributed by atoms with Gasteiger partial charge in [-0.2, -0.15) is 0 Å². The number of hydrogen-bond acceptors (Lipinski definition) is 3. The molecule has 2 rings (SSSR count). The van der Waals surface area contributed by atoms with E-state index in [4.69, 9.17) is 11.5 Å². The van der Waals surface area contributed by atoms with Crippen molar-refractivity contribution in [2.45, 2.75) is 13.3 Å². The zero-order chi connectivity index (χ0) is 10.8. The second-order valence-corrected chi connectivity index (χ2v) is 3.39. The summed E-state index contributed by atoms with van der Waals surface area (Å²) in [5.74, 6) is 0.435. The summed E-state index contributed by atoms with van der Waals surface area (Å²) in [4.78, 5) is 7.29. The van der Waals surface area contributed by atoms with Gasteiger partial charge < -0.3 is 16.5 Å². The van der Waals surface area contributed by atoms with Gasteiger partial charge in [-0.25, -0.2) is 4.98 Å². The van der Waals surface area contributed by atoms with Gasteiger partial charge in [0.25, 0.3) is 0 Å². The zero-order valence-electron chi connectivity index (χ0n) is 8.62. The molecule has 4 nitrogen and oxygen atoms in total. The number of imidazole rings is 1. The number of para-hydroxylation sites is 1. The van der Waals surface area contributed by atoms with Crippen molar-refractivity contribution in [3.63, 3.8) is 0 Å². The van der Waals surface area contributed by atoms with Crippen molar-refractivity contribution in [2.75, 3.05) is 11.5 Å². The van der Waals surface area contributed by atoms with Crippen LogP contribution in [0.25, 0.3) is 11.3 Å². The molecular weight excluding hydrogens is 188 g/mol. The molecule has 0 saturated carbocycles. The first kappa shape index (κ1) is 9.58. The number of nitrogens with one attached hydrogen (secondary N) is 1. The summed E-state index contributed by atoms with van der Waals surface area (Å²) < 4.78 is 0. The first-order chi connectivity index (χ1) is 7.22. The Morgan fingerprint density at radius 2 is 2.00 bits per heavy atom. The molecule has 0 amide bonds. The van der Waals surface area contributed by atoms with Gasteiger partial charge in [0.1, 0.15) is 0 Å². The largest absolute Gasteiger partial charge is 0.398 e. The number of anilines is 2. The maximum Gasteiger partial charge on any atom is 0.198 e. The second-order valence-electron chi connectivity index (χ2n) is 3.39. The molecule has 0 bridgehead atoms. The van der Waals surface area contributed by atoms with E-state index < -0.39 is 0 Å². The van der Waals surface area contributed by atoms with Gasteiger partial charge in [0.05, 0.1) is 5.69 Å². The number of H-pyrrole nitrogens is 1. The van der Waals surface area contributed by atoms with Crippen molar-refractivity contribution in [3.05, 3.63) is 30.0 Å². The third kappa shape index (κ3) is 1.66. The van der Waals surface area contributed by atoms with Crippen molar-refractivity contribution in [3.8, 4) is 11.3 Å². The van der Waals surface area contributed by atoms with Crippen molar-refractivity contribution in [2.24, 2.45) is 0 Å². The van der Waals surface area contributed by atoms with Gasteiger partial charge in [-0.3, -0.25) is 0 Å². The number of aryl methyl sites for hydroxylation is 1. The van der Waals surface area contributed by atoms with E-state index in [0.717, 1.165) is 29.1 Å².